The highest BCUT2D eigenvalue weighted by Crippen LogP contribution is 2.17. The van der Waals surface area contributed by atoms with Gasteiger partial charge in [0.25, 0.3) is 5.69 Å². The Bertz CT molecular complexity index is 534. The number of hydrogen-bond donors (Lipinski definition) is 3. The number of benzene rings is 1. The lowest BCUT2D eigenvalue weighted by atomic mass is 10.0. The third kappa shape index (κ3) is 7.71. The van der Waals surface area contributed by atoms with Crippen molar-refractivity contribution in [3.8, 4) is 0 Å². The van der Waals surface area contributed by atoms with Gasteiger partial charge in [-0.1, -0.05) is 13.0 Å². The van der Waals surface area contributed by atoms with Gasteiger partial charge in [0.15, 0.2) is 0 Å². The Hall–Kier alpha value is -1.99. The molecule has 3 unspecified atom stereocenters. The Kier molecular flexibility index (Phi) is 7.64. The maximum atomic E-state index is 12.0. The largest absolute Gasteiger partial charge is 0.393 e. The van der Waals surface area contributed by atoms with Crippen LogP contribution in [0, 0.1) is 16.0 Å². The Morgan fingerprint density at radius 3 is 2.65 bits per heavy atom. The maximum Gasteiger partial charge on any atom is 0.271 e. The molecule has 3 atom stereocenters. The number of aliphatic hydroxyl groups is 1. The number of non-ortho nitro benzene ring substituents is 1. The van der Waals surface area contributed by atoms with E-state index in [1.165, 1.54) is 18.2 Å². The third-order valence-electron chi connectivity index (χ3n) is 3.39. The van der Waals surface area contributed by atoms with Crippen LogP contribution in [0.15, 0.2) is 24.3 Å². The average molecular weight is 323 g/mol. The summed E-state index contributed by atoms with van der Waals surface area (Å²) in [5.41, 5.74) is 0.361. The second-order valence-electron chi connectivity index (χ2n) is 6.06. The van der Waals surface area contributed by atoms with Gasteiger partial charge < -0.3 is 15.7 Å². The molecule has 7 heteroatoms. The first-order valence-electron chi connectivity index (χ1n) is 7.73. The van der Waals surface area contributed by atoms with Crippen molar-refractivity contribution in [3.63, 3.8) is 0 Å². The van der Waals surface area contributed by atoms with Gasteiger partial charge in [0, 0.05) is 30.3 Å². The molecule has 128 valence electrons. The van der Waals surface area contributed by atoms with E-state index >= 15 is 0 Å². The first-order chi connectivity index (χ1) is 10.8. The molecule has 0 saturated carbocycles. The highest BCUT2D eigenvalue weighted by Gasteiger charge is 2.13. The zero-order chi connectivity index (χ0) is 17.4. The molecular formula is C16H25N3O4. The number of nitro benzene ring substituents is 1. The van der Waals surface area contributed by atoms with E-state index in [-0.39, 0.29) is 30.2 Å². The minimum absolute atomic E-state index is 0.0230. The first-order valence-corrected chi connectivity index (χ1v) is 7.73. The van der Waals surface area contributed by atoms with Crippen molar-refractivity contribution in [2.75, 3.05) is 11.9 Å². The number of nitrogens with one attached hydrogen (secondary N) is 2. The van der Waals surface area contributed by atoms with Crippen molar-refractivity contribution in [2.45, 2.75) is 45.8 Å². The molecule has 1 aromatic carbocycles. The molecule has 7 nitrogen and oxygen atoms in total. The van der Waals surface area contributed by atoms with Crippen LogP contribution >= 0.6 is 0 Å². The zero-order valence-corrected chi connectivity index (χ0v) is 13.8. The van der Waals surface area contributed by atoms with Gasteiger partial charge in [-0.15, -0.1) is 0 Å². The molecule has 1 amide bonds. The van der Waals surface area contributed by atoms with Gasteiger partial charge in [0.1, 0.15) is 0 Å². The molecule has 0 heterocycles. The number of aliphatic hydroxyl groups excluding tert-OH is 1. The second kappa shape index (κ2) is 9.22. The van der Waals surface area contributed by atoms with Crippen LogP contribution in [0.4, 0.5) is 11.4 Å². The van der Waals surface area contributed by atoms with E-state index < -0.39 is 4.92 Å². The number of nitrogens with zero attached hydrogens (tertiary/aromatic N) is 1. The molecule has 0 fully saturated rings. The summed E-state index contributed by atoms with van der Waals surface area (Å²) in [6, 6.07) is 5.84. The molecule has 0 spiro atoms. The number of amides is 1. The van der Waals surface area contributed by atoms with E-state index in [4.69, 9.17) is 0 Å². The summed E-state index contributed by atoms with van der Waals surface area (Å²) in [6.45, 7) is 6.42. The summed E-state index contributed by atoms with van der Waals surface area (Å²) < 4.78 is 0. The van der Waals surface area contributed by atoms with Gasteiger partial charge in [-0.3, -0.25) is 14.9 Å². The number of rotatable bonds is 9. The minimum atomic E-state index is -0.497. The van der Waals surface area contributed by atoms with Crippen LogP contribution in [0.25, 0.3) is 0 Å². The number of nitro groups is 1. The Morgan fingerprint density at radius 2 is 2.04 bits per heavy atom. The zero-order valence-electron chi connectivity index (χ0n) is 13.8. The fourth-order valence-electron chi connectivity index (χ4n) is 2.33. The topological polar surface area (TPSA) is 104 Å². The number of carbonyl (C=O) groups excluding carboxylic acids is 1. The first kappa shape index (κ1) is 19.1. The van der Waals surface area contributed by atoms with E-state index in [9.17, 15) is 20.0 Å². The molecule has 0 radical (unpaired) electrons. The van der Waals surface area contributed by atoms with E-state index in [1.54, 1.807) is 13.0 Å². The normalized spacial score (nSPS) is 14.8. The summed E-state index contributed by atoms with van der Waals surface area (Å²) in [5.74, 6) is 0.117. The van der Waals surface area contributed by atoms with Crippen molar-refractivity contribution in [3.05, 3.63) is 34.4 Å². The van der Waals surface area contributed by atoms with Gasteiger partial charge in [-0.2, -0.15) is 0 Å². The Labute approximate surface area is 136 Å². The quantitative estimate of drug-likeness (QED) is 0.478. The van der Waals surface area contributed by atoms with Crippen LogP contribution in [0.5, 0.6) is 0 Å². The average Bonchev–Trinajstić information content (AvgIpc) is 2.44. The molecule has 0 saturated heterocycles. The highest BCUT2D eigenvalue weighted by molar-refractivity contribution is 5.91. The van der Waals surface area contributed by atoms with E-state index in [2.05, 4.69) is 10.6 Å². The van der Waals surface area contributed by atoms with Gasteiger partial charge in [0.05, 0.1) is 11.0 Å². The SMILES string of the molecule is CC(O)CC(C)CNC(C)CC(=O)Nc1cccc([N+](=O)[O-])c1. The predicted octanol–water partition coefficient (Wildman–Crippen LogP) is 2.31. The van der Waals surface area contributed by atoms with Crippen molar-refractivity contribution < 1.29 is 14.8 Å². The van der Waals surface area contributed by atoms with Crippen molar-refractivity contribution in [1.82, 2.24) is 5.32 Å². The number of hydrogen-bond acceptors (Lipinski definition) is 5. The van der Waals surface area contributed by atoms with E-state index in [0.29, 0.717) is 18.0 Å². The summed E-state index contributed by atoms with van der Waals surface area (Å²) in [4.78, 5) is 22.2. The number of anilines is 1. The summed E-state index contributed by atoms with van der Waals surface area (Å²) in [7, 11) is 0. The lowest BCUT2D eigenvalue weighted by Gasteiger charge is -2.18. The summed E-state index contributed by atoms with van der Waals surface area (Å²) in [6.07, 6.45) is 0.642. The van der Waals surface area contributed by atoms with Crippen LogP contribution in [0.2, 0.25) is 0 Å². The van der Waals surface area contributed by atoms with Crippen LogP contribution in [0.1, 0.15) is 33.6 Å². The van der Waals surface area contributed by atoms with Crippen molar-refractivity contribution >= 4 is 17.3 Å². The Morgan fingerprint density at radius 1 is 1.35 bits per heavy atom. The fraction of sp³-hybridized carbons (Fsp3) is 0.562. The van der Waals surface area contributed by atoms with Gasteiger partial charge in [0.2, 0.25) is 5.91 Å². The molecule has 23 heavy (non-hydrogen) atoms. The number of carbonyl (C=O) groups is 1. The van der Waals surface area contributed by atoms with Crippen LogP contribution in [-0.4, -0.2) is 34.6 Å². The van der Waals surface area contributed by atoms with E-state index in [0.717, 1.165) is 6.54 Å². The van der Waals surface area contributed by atoms with Gasteiger partial charge in [-0.05, 0) is 38.8 Å². The molecule has 3 N–H and O–H groups in total. The lowest BCUT2D eigenvalue weighted by molar-refractivity contribution is -0.384. The van der Waals surface area contributed by atoms with Crippen LogP contribution in [-0.2, 0) is 4.79 Å². The van der Waals surface area contributed by atoms with Gasteiger partial charge in [-0.25, -0.2) is 0 Å². The van der Waals surface area contributed by atoms with Crippen molar-refractivity contribution in [1.29, 1.82) is 0 Å². The standard InChI is InChI=1S/C16H25N3O4/c1-11(7-13(3)20)10-17-12(2)8-16(21)18-14-5-4-6-15(9-14)19(22)23/h4-6,9,11-13,17,20H,7-8,10H2,1-3H3,(H,18,21). The predicted molar refractivity (Wildman–Crippen MR) is 89.3 cm³/mol. The van der Waals surface area contributed by atoms with Crippen LogP contribution < -0.4 is 10.6 Å². The highest BCUT2D eigenvalue weighted by atomic mass is 16.6. The maximum absolute atomic E-state index is 12.0. The van der Waals surface area contributed by atoms with E-state index in [1.807, 2.05) is 13.8 Å². The Balaban J connectivity index is 2.41. The molecule has 1 aromatic rings. The third-order valence-corrected chi connectivity index (χ3v) is 3.39. The minimum Gasteiger partial charge on any atom is -0.393 e. The fourth-order valence-corrected chi connectivity index (χ4v) is 2.33. The van der Waals surface area contributed by atoms with Crippen molar-refractivity contribution in [2.24, 2.45) is 5.92 Å². The molecule has 0 aliphatic heterocycles. The van der Waals surface area contributed by atoms with Crippen LogP contribution in [0.3, 0.4) is 0 Å². The van der Waals surface area contributed by atoms with Gasteiger partial charge >= 0.3 is 0 Å². The molecule has 1 rings (SSSR count). The molecule has 0 aliphatic rings. The second-order valence-corrected chi connectivity index (χ2v) is 6.06. The molecule has 0 aromatic heterocycles. The smallest absolute Gasteiger partial charge is 0.271 e. The lowest BCUT2D eigenvalue weighted by Crippen LogP contribution is -2.34. The monoisotopic (exact) mass is 323 g/mol. The molecule has 0 bridgehead atoms. The summed E-state index contributed by atoms with van der Waals surface area (Å²) in [5, 5.41) is 25.9. The molecular weight excluding hydrogens is 298 g/mol. The summed E-state index contributed by atoms with van der Waals surface area (Å²) >= 11 is 0. The molecule has 0 aliphatic carbocycles.